The minimum atomic E-state index is -5.17. The molecule has 0 fully saturated rings. The molecule has 0 aliphatic carbocycles. The van der Waals surface area contributed by atoms with E-state index in [0.29, 0.717) is 0 Å². The second-order valence-corrected chi connectivity index (χ2v) is 7.70. The van der Waals surface area contributed by atoms with Crippen molar-refractivity contribution in [3.63, 3.8) is 0 Å². The van der Waals surface area contributed by atoms with Crippen molar-refractivity contribution in [3.05, 3.63) is 0 Å². The number of rotatable bonds is 0. The summed E-state index contributed by atoms with van der Waals surface area (Å²) in [6.07, 6.45) is 0. The van der Waals surface area contributed by atoms with Gasteiger partial charge in [-0.3, -0.25) is 52.6 Å². The van der Waals surface area contributed by atoms with E-state index in [2.05, 4.69) is 0 Å². The maximum Gasteiger partial charge on any atom is 3.00 e. The van der Waals surface area contributed by atoms with E-state index in [1.807, 2.05) is 0 Å². The Morgan fingerprint density at radius 2 is 0.312 bits per heavy atom. The van der Waals surface area contributed by atoms with Crippen molar-refractivity contribution in [2.24, 2.45) is 0 Å². The first-order valence-corrected chi connectivity index (χ1v) is 12.3. The molecule has 6 N–H and O–H groups in total. The Bertz CT molecular complexity index is 764. The van der Waals surface area contributed by atoms with E-state index < -0.39 is 62.4 Å². The average molecular weight is 694 g/mol. The van der Waals surface area contributed by atoms with Crippen molar-refractivity contribution < 1.29 is 139 Å². The van der Waals surface area contributed by atoms with Crippen molar-refractivity contribution in [1.82, 2.24) is 0 Å². The van der Waals surface area contributed by atoms with Crippen molar-refractivity contribution in [1.29, 1.82) is 0 Å². The van der Waals surface area contributed by atoms with Gasteiger partial charge in [-0.25, -0.2) is 0 Å². The minimum absolute atomic E-state index is 0. The second-order valence-electron chi connectivity index (χ2n) is 2.57. The molecule has 0 aliphatic rings. The summed E-state index contributed by atoms with van der Waals surface area (Å²) in [6.45, 7) is 0. The summed E-state index contributed by atoms with van der Waals surface area (Å²) < 4.78 is 197. The zero-order chi connectivity index (χ0) is 27.0. The molecule has 0 unspecified atom stereocenters. The zero-order valence-electron chi connectivity index (χ0n) is 13.2. The van der Waals surface area contributed by atoms with Crippen LogP contribution in [-0.2, 0) is 96.5 Å². The van der Waals surface area contributed by atoms with Gasteiger partial charge in [0.05, 0.1) is 0 Å². The summed E-state index contributed by atoms with van der Waals surface area (Å²) in [4.78, 5) is 0. The Balaban J connectivity index is -0.0000000356. The van der Waals surface area contributed by atoms with Crippen LogP contribution >= 0.6 is 0 Å². The normalized spacial score (nSPS) is 10.9. The molecule has 0 atom stereocenters. The Morgan fingerprint density at radius 3 is 0.312 bits per heavy atom. The average Bonchev–Trinajstić information content (AvgIpc) is 1.94. The number of hydrogen-bond acceptors (Lipinski definition) is 18. The van der Waals surface area contributed by atoms with Gasteiger partial charge in [0.1, 0.15) is 0 Å². The van der Waals surface area contributed by atoms with E-state index in [9.17, 15) is 0 Å². The van der Waals surface area contributed by atoms with Crippen LogP contribution in [0.15, 0.2) is 0 Å². The second kappa shape index (κ2) is 21.8. The molecule has 32 heteroatoms. The largest absolute Gasteiger partial charge is 3.00 e. The summed E-state index contributed by atoms with van der Waals surface area (Å²) in [7, 11) is -29.5. The Kier molecular flexibility index (Phi) is 36.4. The summed E-state index contributed by atoms with van der Waals surface area (Å²) in [5, 5.41) is 0. The van der Waals surface area contributed by atoms with Crippen LogP contribution in [0.1, 0.15) is 0 Å². The fourth-order valence-electron chi connectivity index (χ4n) is 0. The summed E-state index contributed by atoms with van der Waals surface area (Å²) in [6, 6.07) is 0. The first kappa shape index (κ1) is 53.6. The molecule has 0 saturated heterocycles. The standard InChI is InChI=1S/2Fe.6H2O4S/c;;6*1-5(2,3)4/h;;6*(H2,1,2,3,4)/q2*+3;;;;;;/p-6. The predicted octanol–water partition coefficient (Wildman–Crippen LogP) is -5.98. The molecule has 0 aromatic heterocycles. The van der Waals surface area contributed by atoms with Gasteiger partial charge in [0.25, 0.3) is 0 Å². The van der Waals surface area contributed by atoms with Gasteiger partial charge in [0.2, 0.25) is 0 Å². The quantitative estimate of drug-likeness (QED) is 0.0780. The molecular weight excluding hydrogens is 688 g/mol. The number of hydrogen-bond donors (Lipinski definition) is 6. The van der Waals surface area contributed by atoms with E-state index in [1.165, 1.54) is 0 Å². The van der Waals surface area contributed by atoms with Crippen LogP contribution in [0.4, 0.5) is 0 Å². The van der Waals surface area contributed by atoms with Crippen molar-refractivity contribution in [2.45, 2.75) is 0 Å². The summed E-state index contributed by atoms with van der Waals surface area (Å²) >= 11 is 0. The Hall–Kier alpha value is 0.259. The fraction of sp³-hybridized carbons (Fsp3) is 0. The molecule has 32 heavy (non-hydrogen) atoms. The molecule has 0 heterocycles. The van der Waals surface area contributed by atoms with E-state index in [1.54, 1.807) is 0 Å². The van der Waals surface area contributed by atoms with E-state index in [-0.39, 0.29) is 34.1 Å². The topological polar surface area (TPSA) is 465 Å². The molecule has 0 saturated carbocycles. The van der Waals surface area contributed by atoms with Crippen LogP contribution in [0.5, 0.6) is 0 Å². The molecule has 24 nitrogen and oxygen atoms in total. The van der Waals surface area contributed by atoms with Crippen LogP contribution < -0.4 is 0 Å². The van der Waals surface area contributed by atoms with Crippen LogP contribution in [0.3, 0.4) is 0 Å². The van der Waals surface area contributed by atoms with Crippen molar-refractivity contribution in [3.8, 4) is 0 Å². The smallest absolute Gasteiger partial charge is 0.759 e. The SMILES string of the molecule is O=S(=O)(O)O.O=S(=O)(O)O.O=S(=O)(O)O.O=S(=O)([O-])[O-].O=S(=O)([O-])[O-].O=S(=O)([O-])[O-].[Fe+3].[Fe+3]. The third-order valence-electron chi connectivity index (χ3n) is 0. The third kappa shape index (κ3) is 386000. The van der Waals surface area contributed by atoms with E-state index >= 15 is 0 Å². The molecular formula is H6Fe2O24S6. The van der Waals surface area contributed by atoms with Gasteiger partial charge >= 0.3 is 65.3 Å². The van der Waals surface area contributed by atoms with Gasteiger partial charge < -0.3 is 27.3 Å². The zero-order valence-corrected chi connectivity index (χ0v) is 20.3. The van der Waals surface area contributed by atoms with Crippen LogP contribution in [0, 0.1) is 0 Å². The van der Waals surface area contributed by atoms with Crippen molar-refractivity contribution in [2.75, 3.05) is 0 Å². The maximum absolute atomic E-state index is 8.74. The van der Waals surface area contributed by atoms with Crippen molar-refractivity contribution >= 4 is 62.4 Å². The molecule has 0 bridgehead atoms. The van der Waals surface area contributed by atoms with Gasteiger partial charge in [-0.05, 0) is 0 Å². The monoisotopic (exact) mass is 694 g/mol. The molecule has 2 radical (unpaired) electrons. The van der Waals surface area contributed by atoms with E-state index in [4.69, 9.17) is 105 Å². The maximum atomic E-state index is 8.74. The third-order valence-corrected chi connectivity index (χ3v) is 0. The fourth-order valence-corrected chi connectivity index (χ4v) is 0. The van der Waals surface area contributed by atoms with Crippen LogP contribution in [0.25, 0.3) is 0 Å². The van der Waals surface area contributed by atoms with Crippen LogP contribution in [0.2, 0.25) is 0 Å². The molecule has 0 spiro atoms. The Morgan fingerprint density at radius 1 is 0.312 bits per heavy atom. The molecule has 0 amide bonds. The van der Waals surface area contributed by atoms with E-state index in [0.717, 1.165) is 0 Å². The molecule has 0 rings (SSSR count). The van der Waals surface area contributed by atoms with Gasteiger partial charge in [0, 0.05) is 31.2 Å². The van der Waals surface area contributed by atoms with Crippen LogP contribution in [-0.4, -0.2) is 105 Å². The first-order chi connectivity index (χ1) is 12.0. The summed E-state index contributed by atoms with van der Waals surface area (Å²) in [5.74, 6) is 0. The first-order valence-electron chi connectivity index (χ1n) is 4.10. The predicted molar refractivity (Wildman–Crippen MR) is 74.0 cm³/mol. The van der Waals surface area contributed by atoms with Gasteiger partial charge in [-0.1, -0.05) is 0 Å². The van der Waals surface area contributed by atoms with Gasteiger partial charge in [0.15, 0.2) is 0 Å². The minimum Gasteiger partial charge on any atom is -0.759 e. The molecule has 202 valence electrons. The molecule has 0 aromatic rings. The summed E-state index contributed by atoms with van der Waals surface area (Å²) in [5.41, 5.74) is 0. The molecule has 0 aliphatic heterocycles. The molecule has 0 aromatic carbocycles. The van der Waals surface area contributed by atoms with Gasteiger partial charge in [-0.15, -0.1) is 0 Å². The Labute approximate surface area is 200 Å². The van der Waals surface area contributed by atoms with Gasteiger partial charge in [-0.2, -0.15) is 25.3 Å².